The van der Waals surface area contributed by atoms with Crippen LogP contribution in [0.15, 0.2) is 77.7 Å². The van der Waals surface area contributed by atoms with Gasteiger partial charge >= 0.3 is 5.97 Å². The Hall–Kier alpha value is -2.30. The van der Waals surface area contributed by atoms with Gasteiger partial charge in [-0.05, 0) is 28.8 Å². The van der Waals surface area contributed by atoms with Gasteiger partial charge in [-0.15, -0.1) is 11.8 Å². The molecule has 0 aromatic heterocycles. The number of carboxylic acids is 1. The SMILES string of the molecule is C[C@@H]1[C@H](CSc2ccccc2C(=O)O)O[C@H](c2ccc(CNC(=O)C(Cl)(Cl)Cl)cc2)O[C@@H]1c1ccc(CO)cc1. The third-order valence-electron chi connectivity index (χ3n) is 6.61. The highest BCUT2D eigenvalue weighted by molar-refractivity contribution is 7.99. The zero-order chi connectivity index (χ0) is 28.9. The Kier molecular flexibility index (Phi) is 10.4. The number of rotatable bonds is 9. The van der Waals surface area contributed by atoms with Crippen LogP contribution in [-0.4, -0.2) is 37.7 Å². The lowest BCUT2D eigenvalue weighted by atomic mass is 9.91. The number of thioether (sulfide) groups is 1. The van der Waals surface area contributed by atoms with Crippen molar-refractivity contribution in [1.29, 1.82) is 0 Å². The molecule has 1 saturated heterocycles. The Labute approximate surface area is 251 Å². The summed E-state index contributed by atoms with van der Waals surface area (Å²) in [6.45, 7) is 2.17. The van der Waals surface area contributed by atoms with Crippen LogP contribution in [0.25, 0.3) is 0 Å². The van der Waals surface area contributed by atoms with Gasteiger partial charge in [0.2, 0.25) is 0 Å². The predicted octanol–water partition coefficient (Wildman–Crippen LogP) is 6.45. The van der Waals surface area contributed by atoms with Crippen LogP contribution in [0.2, 0.25) is 0 Å². The van der Waals surface area contributed by atoms with Crippen LogP contribution in [0.3, 0.4) is 0 Å². The molecule has 0 spiro atoms. The molecule has 4 rings (SSSR count). The molecule has 7 nitrogen and oxygen atoms in total. The second-order valence-corrected chi connectivity index (χ2v) is 12.7. The summed E-state index contributed by atoms with van der Waals surface area (Å²) < 4.78 is 10.9. The van der Waals surface area contributed by atoms with Crippen molar-refractivity contribution in [2.24, 2.45) is 5.92 Å². The Bertz CT molecular complexity index is 1320. The maximum atomic E-state index is 11.9. The monoisotopic (exact) mass is 623 g/mol. The van der Waals surface area contributed by atoms with Gasteiger partial charge in [-0.25, -0.2) is 4.79 Å². The van der Waals surface area contributed by atoms with Crippen molar-refractivity contribution in [1.82, 2.24) is 5.32 Å². The molecule has 1 aliphatic heterocycles. The van der Waals surface area contributed by atoms with Crippen LogP contribution in [-0.2, 0) is 27.4 Å². The molecule has 212 valence electrons. The molecule has 0 radical (unpaired) electrons. The molecule has 1 heterocycles. The zero-order valence-corrected chi connectivity index (χ0v) is 24.5. The predicted molar refractivity (Wildman–Crippen MR) is 156 cm³/mol. The molecule has 1 aliphatic rings. The topological polar surface area (TPSA) is 105 Å². The van der Waals surface area contributed by atoms with E-state index in [0.29, 0.717) is 10.6 Å². The van der Waals surface area contributed by atoms with Crippen LogP contribution in [0, 0.1) is 5.92 Å². The van der Waals surface area contributed by atoms with E-state index in [2.05, 4.69) is 5.32 Å². The normalized spacial score (nSPS) is 21.1. The second-order valence-electron chi connectivity index (χ2n) is 9.36. The van der Waals surface area contributed by atoms with Gasteiger partial charge < -0.3 is 25.0 Å². The van der Waals surface area contributed by atoms with Crippen LogP contribution >= 0.6 is 46.6 Å². The second kappa shape index (κ2) is 13.6. The maximum absolute atomic E-state index is 11.9. The standard InChI is InChI=1S/C29H28Cl3NO6S/c1-17-23(16-40-24-5-3-2-4-22(24)26(35)36)38-27(39-25(17)20-10-8-19(15-34)9-11-20)21-12-6-18(7-13-21)14-33-28(37)29(30,31)32/h2-13,17,23,25,27,34H,14-16H2,1H3,(H,33,37)(H,35,36)/t17-,23+,25+,27+/m1/s1. The smallest absolute Gasteiger partial charge is 0.336 e. The van der Waals surface area contributed by atoms with E-state index in [1.807, 2.05) is 61.5 Å². The maximum Gasteiger partial charge on any atom is 0.336 e. The number of hydrogen-bond donors (Lipinski definition) is 3. The number of carboxylic acid groups (broad SMARTS) is 1. The van der Waals surface area contributed by atoms with Crippen LogP contribution in [0.5, 0.6) is 0 Å². The molecule has 0 unspecified atom stereocenters. The van der Waals surface area contributed by atoms with E-state index in [4.69, 9.17) is 44.3 Å². The lowest BCUT2D eigenvalue weighted by Crippen LogP contribution is -2.38. The lowest BCUT2D eigenvalue weighted by molar-refractivity contribution is -0.268. The number of aliphatic hydroxyl groups excluding tert-OH is 1. The first-order chi connectivity index (χ1) is 19.1. The molecule has 1 fully saturated rings. The third kappa shape index (κ3) is 7.70. The fourth-order valence-corrected chi connectivity index (χ4v) is 5.74. The molecule has 1 amide bonds. The van der Waals surface area contributed by atoms with Crippen molar-refractivity contribution in [2.75, 3.05) is 5.75 Å². The molecular weight excluding hydrogens is 597 g/mol. The number of carbonyl (C=O) groups excluding carboxylic acids is 1. The van der Waals surface area contributed by atoms with Crippen molar-refractivity contribution < 1.29 is 29.3 Å². The lowest BCUT2D eigenvalue weighted by Gasteiger charge is -2.41. The molecule has 0 bridgehead atoms. The third-order valence-corrected chi connectivity index (χ3v) is 8.28. The minimum absolute atomic E-state index is 0.0518. The van der Waals surface area contributed by atoms with Crippen molar-refractivity contribution in [2.45, 2.75) is 47.3 Å². The van der Waals surface area contributed by atoms with Crippen molar-refractivity contribution >= 4 is 58.4 Å². The fourth-order valence-electron chi connectivity index (χ4n) is 4.33. The largest absolute Gasteiger partial charge is 0.478 e. The Morgan fingerprint density at radius 3 is 2.17 bits per heavy atom. The number of amides is 1. The van der Waals surface area contributed by atoms with Gasteiger partial charge in [0.25, 0.3) is 9.70 Å². The van der Waals surface area contributed by atoms with E-state index in [9.17, 15) is 19.8 Å². The summed E-state index contributed by atoms with van der Waals surface area (Å²) >= 11 is 18.3. The number of hydrogen-bond acceptors (Lipinski definition) is 6. The number of aromatic carboxylic acids is 1. The number of nitrogens with one attached hydrogen (secondary N) is 1. The first-order valence-corrected chi connectivity index (χ1v) is 14.6. The average Bonchev–Trinajstić information content (AvgIpc) is 2.95. The highest BCUT2D eigenvalue weighted by atomic mass is 35.6. The Morgan fingerprint density at radius 1 is 0.925 bits per heavy atom. The van der Waals surface area contributed by atoms with E-state index >= 15 is 0 Å². The molecule has 0 saturated carbocycles. The molecule has 3 aromatic rings. The van der Waals surface area contributed by atoms with Gasteiger partial charge in [0.15, 0.2) is 6.29 Å². The van der Waals surface area contributed by atoms with E-state index in [-0.39, 0.29) is 36.8 Å². The summed E-state index contributed by atoms with van der Waals surface area (Å²) in [7, 11) is 0. The number of benzene rings is 3. The van der Waals surface area contributed by atoms with Gasteiger partial charge in [-0.3, -0.25) is 4.79 Å². The summed E-state index contributed by atoms with van der Waals surface area (Å²) in [5, 5.41) is 21.6. The first-order valence-electron chi connectivity index (χ1n) is 12.5. The highest BCUT2D eigenvalue weighted by Gasteiger charge is 2.38. The minimum atomic E-state index is -2.04. The summed E-state index contributed by atoms with van der Waals surface area (Å²) in [6.07, 6.45) is -1.27. The molecule has 11 heteroatoms. The molecule has 3 N–H and O–H groups in total. The Balaban J connectivity index is 1.54. The van der Waals surface area contributed by atoms with E-state index in [1.165, 1.54) is 11.8 Å². The average molecular weight is 625 g/mol. The van der Waals surface area contributed by atoms with Crippen LogP contribution in [0.1, 0.15) is 51.9 Å². The molecule has 4 atom stereocenters. The summed E-state index contributed by atoms with van der Waals surface area (Å²) in [4.78, 5) is 24.2. The summed E-state index contributed by atoms with van der Waals surface area (Å²) in [5.41, 5.74) is 3.57. The van der Waals surface area contributed by atoms with Gasteiger partial charge in [0.05, 0.1) is 24.4 Å². The van der Waals surface area contributed by atoms with Gasteiger partial charge in [-0.2, -0.15) is 0 Å². The van der Waals surface area contributed by atoms with Crippen LogP contribution < -0.4 is 5.32 Å². The minimum Gasteiger partial charge on any atom is -0.478 e. The number of aliphatic hydroxyl groups is 1. The number of alkyl halides is 3. The van der Waals surface area contributed by atoms with Gasteiger partial charge in [0, 0.05) is 28.7 Å². The number of carbonyl (C=O) groups is 2. The molecular formula is C29H28Cl3NO6S. The van der Waals surface area contributed by atoms with Crippen molar-refractivity contribution in [3.05, 3.63) is 101 Å². The van der Waals surface area contributed by atoms with E-state index < -0.39 is 22.0 Å². The number of ether oxygens (including phenoxy) is 2. The zero-order valence-electron chi connectivity index (χ0n) is 21.4. The number of halogens is 3. The molecule has 0 aliphatic carbocycles. The first kappa shape index (κ1) is 30.7. The summed E-state index contributed by atoms with van der Waals surface area (Å²) in [6, 6.07) is 21.9. The van der Waals surface area contributed by atoms with Gasteiger partial charge in [0.1, 0.15) is 0 Å². The van der Waals surface area contributed by atoms with Crippen molar-refractivity contribution in [3.8, 4) is 0 Å². The molecule has 40 heavy (non-hydrogen) atoms. The highest BCUT2D eigenvalue weighted by Crippen LogP contribution is 2.43. The fraction of sp³-hybridized carbons (Fsp3) is 0.310. The molecule has 3 aromatic carbocycles. The van der Waals surface area contributed by atoms with Crippen LogP contribution in [0.4, 0.5) is 0 Å². The van der Waals surface area contributed by atoms with Gasteiger partial charge in [-0.1, -0.05) is 102 Å². The van der Waals surface area contributed by atoms with Crippen molar-refractivity contribution in [3.63, 3.8) is 0 Å². The summed E-state index contributed by atoms with van der Waals surface area (Å²) in [5.74, 6) is -1.24. The Morgan fingerprint density at radius 2 is 1.55 bits per heavy atom. The quantitative estimate of drug-likeness (QED) is 0.186. The van der Waals surface area contributed by atoms with E-state index in [1.54, 1.807) is 18.2 Å². The van der Waals surface area contributed by atoms with E-state index in [0.717, 1.165) is 22.3 Å².